The SMILES string of the molecule is N[C@H]1c2ccccc2C[C@H]1Cl. The van der Waals surface area contributed by atoms with Gasteiger partial charge in [0.2, 0.25) is 0 Å². The Morgan fingerprint density at radius 2 is 2.09 bits per heavy atom. The Hall–Kier alpha value is -0.530. The zero-order chi connectivity index (χ0) is 7.84. The summed E-state index contributed by atoms with van der Waals surface area (Å²) in [6, 6.07) is 8.22. The minimum Gasteiger partial charge on any atom is -0.323 e. The Kier molecular flexibility index (Phi) is 1.63. The summed E-state index contributed by atoms with van der Waals surface area (Å²) < 4.78 is 0. The van der Waals surface area contributed by atoms with Gasteiger partial charge in [0.1, 0.15) is 0 Å². The highest BCUT2D eigenvalue weighted by Gasteiger charge is 2.26. The molecule has 1 aliphatic carbocycles. The van der Waals surface area contributed by atoms with Crippen molar-refractivity contribution in [2.75, 3.05) is 0 Å². The summed E-state index contributed by atoms with van der Waals surface area (Å²) in [6.07, 6.45) is 0.916. The number of halogens is 1. The van der Waals surface area contributed by atoms with E-state index < -0.39 is 0 Å². The van der Waals surface area contributed by atoms with Crippen LogP contribution in [0, 0.1) is 0 Å². The van der Waals surface area contributed by atoms with Gasteiger partial charge in [0, 0.05) is 6.04 Å². The number of benzene rings is 1. The lowest BCUT2D eigenvalue weighted by Gasteiger charge is -2.06. The summed E-state index contributed by atoms with van der Waals surface area (Å²) in [4.78, 5) is 0. The number of alkyl halides is 1. The molecule has 2 N–H and O–H groups in total. The third-order valence-corrected chi connectivity index (χ3v) is 2.64. The van der Waals surface area contributed by atoms with Crippen molar-refractivity contribution in [3.63, 3.8) is 0 Å². The topological polar surface area (TPSA) is 26.0 Å². The van der Waals surface area contributed by atoms with E-state index in [2.05, 4.69) is 12.1 Å². The largest absolute Gasteiger partial charge is 0.323 e. The van der Waals surface area contributed by atoms with Gasteiger partial charge >= 0.3 is 0 Å². The van der Waals surface area contributed by atoms with Gasteiger partial charge in [-0.05, 0) is 17.5 Å². The number of hydrogen-bond donors (Lipinski definition) is 1. The van der Waals surface area contributed by atoms with Gasteiger partial charge in [-0.1, -0.05) is 24.3 Å². The minimum absolute atomic E-state index is 0.0351. The second kappa shape index (κ2) is 2.50. The molecular formula is C9H10ClN. The second-order valence-corrected chi connectivity index (χ2v) is 3.51. The standard InChI is InChI=1S/C9H10ClN/c10-8-5-6-3-1-2-4-7(6)9(8)11/h1-4,8-9H,5,11H2/t8-,9+/m1/s1. The Labute approximate surface area is 71.2 Å². The average Bonchev–Trinajstić information content (AvgIpc) is 2.30. The predicted octanol–water partition coefficient (Wildman–Crippen LogP) is 1.85. The lowest BCUT2D eigenvalue weighted by molar-refractivity contribution is 0.723. The molecule has 1 aliphatic rings. The Bertz CT molecular complexity index is 272. The van der Waals surface area contributed by atoms with Crippen LogP contribution in [-0.2, 0) is 6.42 Å². The molecule has 11 heavy (non-hydrogen) atoms. The van der Waals surface area contributed by atoms with Crippen LogP contribution in [-0.4, -0.2) is 5.38 Å². The smallest absolute Gasteiger partial charge is 0.0569 e. The highest BCUT2D eigenvalue weighted by Crippen LogP contribution is 2.32. The molecule has 1 aromatic carbocycles. The molecule has 2 heteroatoms. The van der Waals surface area contributed by atoms with Gasteiger partial charge in [-0.25, -0.2) is 0 Å². The van der Waals surface area contributed by atoms with Gasteiger partial charge in [-0.3, -0.25) is 0 Å². The van der Waals surface area contributed by atoms with Crippen molar-refractivity contribution < 1.29 is 0 Å². The van der Waals surface area contributed by atoms with Crippen LogP contribution in [0.5, 0.6) is 0 Å². The molecule has 0 bridgehead atoms. The van der Waals surface area contributed by atoms with E-state index in [-0.39, 0.29) is 11.4 Å². The van der Waals surface area contributed by atoms with Gasteiger partial charge in [-0.2, -0.15) is 0 Å². The zero-order valence-corrected chi connectivity index (χ0v) is 6.88. The molecule has 2 rings (SSSR count). The first-order valence-corrected chi connectivity index (χ1v) is 4.20. The van der Waals surface area contributed by atoms with E-state index in [1.54, 1.807) is 0 Å². The third-order valence-electron chi connectivity index (χ3n) is 2.22. The quantitative estimate of drug-likeness (QED) is 0.587. The maximum Gasteiger partial charge on any atom is 0.0569 e. The zero-order valence-electron chi connectivity index (χ0n) is 6.13. The molecule has 0 saturated heterocycles. The van der Waals surface area contributed by atoms with Gasteiger partial charge in [-0.15, -0.1) is 11.6 Å². The van der Waals surface area contributed by atoms with Crippen LogP contribution in [0.4, 0.5) is 0 Å². The Balaban J connectivity index is 2.47. The molecule has 0 radical (unpaired) electrons. The van der Waals surface area contributed by atoms with Crippen LogP contribution in [0.1, 0.15) is 17.2 Å². The summed E-state index contributed by atoms with van der Waals surface area (Å²) in [7, 11) is 0. The average molecular weight is 168 g/mol. The van der Waals surface area contributed by atoms with Crippen molar-refractivity contribution >= 4 is 11.6 Å². The van der Waals surface area contributed by atoms with E-state index in [1.807, 2.05) is 12.1 Å². The third kappa shape index (κ3) is 1.05. The van der Waals surface area contributed by atoms with Crippen LogP contribution in [0.25, 0.3) is 0 Å². The normalized spacial score (nSPS) is 28.5. The van der Waals surface area contributed by atoms with Crippen molar-refractivity contribution in [2.24, 2.45) is 5.73 Å². The molecule has 2 atom stereocenters. The highest BCUT2D eigenvalue weighted by molar-refractivity contribution is 6.21. The molecule has 0 saturated carbocycles. The lowest BCUT2D eigenvalue weighted by Crippen LogP contribution is -2.16. The summed E-state index contributed by atoms with van der Waals surface area (Å²) in [6.45, 7) is 0. The number of nitrogens with two attached hydrogens (primary N) is 1. The Morgan fingerprint density at radius 1 is 1.36 bits per heavy atom. The van der Waals surface area contributed by atoms with Crippen molar-refractivity contribution in [1.82, 2.24) is 0 Å². The van der Waals surface area contributed by atoms with Crippen LogP contribution >= 0.6 is 11.6 Å². The molecule has 0 fully saturated rings. The molecule has 0 amide bonds. The first-order chi connectivity index (χ1) is 5.29. The van der Waals surface area contributed by atoms with Crippen molar-refractivity contribution in [1.29, 1.82) is 0 Å². The van der Waals surface area contributed by atoms with Crippen LogP contribution in [0.2, 0.25) is 0 Å². The number of hydrogen-bond acceptors (Lipinski definition) is 1. The van der Waals surface area contributed by atoms with Crippen LogP contribution < -0.4 is 5.73 Å². The maximum absolute atomic E-state index is 6.00. The lowest BCUT2D eigenvalue weighted by atomic mass is 10.1. The molecule has 0 spiro atoms. The molecular weight excluding hydrogens is 158 g/mol. The maximum atomic E-state index is 6.00. The summed E-state index contributed by atoms with van der Waals surface area (Å²) in [5.41, 5.74) is 8.38. The Morgan fingerprint density at radius 3 is 2.82 bits per heavy atom. The summed E-state index contributed by atoms with van der Waals surface area (Å²) in [5.74, 6) is 0. The predicted molar refractivity (Wildman–Crippen MR) is 46.7 cm³/mol. The van der Waals surface area contributed by atoms with Crippen LogP contribution in [0.15, 0.2) is 24.3 Å². The molecule has 0 heterocycles. The van der Waals surface area contributed by atoms with Gasteiger partial charge in [0.05, 0.1) is 5.38 Å². The minimum atomic E-state index is 0.0351. The molecule has 58 valence electrons. The molecule has 1 aromatic rings. The highest BCUT2D eigenvalue weighted by atomic mass is 35.5. The second-order valence-electron chi connectivity index (χ2n) is 2.94. The monoisotopic (exact) mass is 167 g/mol. The fourth-order valence-corrected chi connectivity index (χ4v) is 1.88. The fourth-order valence-electron chi connectivity index (χ4n) is 1.58. The molecule has 0 unspecified atom stereocenters. The van der Waals surface area contributed by atoms with Crippen molar-refractivity contribution in [3.8, 4) is 0 Å². The number of rotatable bonds is 0. The first-order valence-electron chi connectivity index (χ1n) is 3.76. The van der Waals surface area contributed by atoms with Crippen LogP contribution in [0.3, 0.4) is 0 Å². The van der Waals surface area contributed by atoms with E-state index in [9.17, 15) is 0 Å². The molecule has 0 aliphatic heterocycles. The fraction of sp³-hybridized carbons (Fsp3) is 0.333. The van der Waals surface area contributed by atoms with E-state index in [1.165, 1.54) is 11.1 Å². The molecule has 0 aromatic heterocycles. The van der Waals surface area contributed by atoms with Gasteiger partial charge < -0.3 is 5.73 Å². The van der Waals surface area contributed by atoms with Crippen molar-refractivity contribution in [3.05, 3.63) is 35.4 Å². The van der Waals surface area contributed by atoms with Gasteiger partial charge in [0.25, 0.3) is 0 Å². The van der Waals surface area contributed by atoms with Gasteiger partial charge in [0.15, 0.2) is 0 Å². The van der Waals surface area contributed by atoms with E-state index in [4.69, 9.17) is 17.3 Å². The number of fused-ring (bicyclic) bond motifs is 1. The van der Waals surface area contributed by atoms with E-state index in [0.29, 0.717) is 0 Å². The van der Waals surface area contributed by atoms with E-state index in [0.717, 1.165) is 6.42 Å². The van der Waals surface area contributed by atoms with Crippen molar-refractivity contribution in [2.45, 2.75) is 17.8 Å². The summed E-state index contributed by atoms with van der Waals surface area (Å²) in [5, 5.41) is 0.0902. The van der Waals surface area contributed by atoms with E-state index >= 15 is 0 Å². The summed E-state index contributed by atoms with van der Waals surface area (Å²) >= 11 is 6.00. The molecule has 1 nitrogen and oxygen atoms in total. The first kappa shape index (κ1) is 7.14.